The van der Waals surface area contributed by atoms with Crippen LogP contribution in [0.3, 0.4) is 0 Å². The third-order valence-corrected chi connectivity index (χ3v) is 8.97. The molecule has 2 N–H and O–H groups in total. The Morgan fingerprint density at radius 3 is 2.83 bits per heavy atom. The van der Waals surface area contributed by atoms with Crippen LogP contribution in [0.1, 0.15) is 69.4 Å². The first-order valence-corrected chi connectivity index (χ1v) is 15.1. The van der Waals surface area contributed by atoms with Gasteiger partial charge in [0.05, 0.1) is 23.7 Å². The number of fused-ring (bicyclic) bond motifs is 2. The molecule has 5 rings (SSSR count). The second-order valence-electron chi connectivity index (χ2n) is 11.5. The summed E-state index contributed by atoms with van der Waals surface area (Å²) < 4.78 is 15.4. The van der Waals surface area contributed by atoms with Crippen LogP contribution in [0.5, 0.6) is 0 Å². The number of amides is 3. The van der Waals surface area contributed by atoms with Crippen LogP contribution < -0.4 is 16.3 Å². The van der Waals surface area contributed by atoms with Gasteiger partial charge in [-0.2, -0.15) is 0 Å². The summed E-state index contributed by atoms with van der Waals surface area (Å²) in [7, 11) is 1.72. The molecule has 3 aliphatic rings. The van der Waals surface area contributed by atoms with Crippen molar-refractivity contribution in [2.75, 3.05) is 32.9 Å². The predicted molar refractivity (Wildman–Crippen MR) is 154 cm³/mol. The molecule has 4 unspecified atom stereocenters. The number of carbonyl (C=O) groups is 3. The van der Waals surface area contributed by atoms with Gasteiger partial charge in [-0.15, -0.1) is 0 Å². The molecule has 0 aliphatic carbocycles. The molecular formula is C30H43N5O6. The summed E-state index contributed by atoms with van der Waals surface area (Å²) in [6.45, 7) is 3.71. The van der Waals surface area contributed by atoms with Crippen molar-refractivity contribution in [1.29, 1.82) is 0 Å². The third kappa shape index (κ3) is 6.73. The minimum Gasteiger partial charge on any atom is -0.380 e. The van der Waals surface area contributed by atoms with Gasteiger partial charge < -0.3 is 14.8 Å². The number of hydrogen-bond acceptors (Lipinski definition) is 7. The van der Waals surface area contributed by atoms with Crippen molar-refractivity contribution < 1.29 is 23.9 Å². The van der Waals surface area contributed by atoms with Crippen LogP contribution >= 0.6 is 0 Å². The summed E-state index contributed by atoms with van der Waals surface area (Å²) in [6, 6.07) is 6.37. The number of para-hydroxylation sites is 1. The van der Waals surface area contributed by atoms with Gasteiger partial charge >= 0.3 is 5.69 Å². The van der Waals surface area contributed by atoms with E-state index in [-0.39, 0.29) is 24.1 Å². The van der Waals surface area contributed by atoms with E-state index >= 15 is 0 Å². The molecule has 3 fully saturated rings. The van der Waals surface area contributed by atoms with Crippen molar-refractivity contribution in [2.45, 2.75) is 88.4 Å². The minimum atomic E-state index is -0.698. The Morgan fingerprint density at radius 2 is 2.00 bits per heavy atom. The fourth-order valence-corrected chi connectivity index (χ4v) is 6.89. The SMILES string of the molecule is Cn1c(=O)n(C2CCC(=O)NC2=O)c2cccc(CCCOC(CCNC=O)CCOCC3CCC4CCCN43)c21. The molecule has 0 radical (unpaired) electrons. The molecule has 0 bridgehead atoms. The molecule has 11 nitrogen and oxygen atoms in total. The molecule has 4 heterocycles. The Hall–Kier alpha value is -3.02. The number of ether oxygens (including phenoxy) is 2. The van der Waals surface area contributed by atoms with Crippen molar-refractivity contribution in [3.8, 4) is 0 Å². The maximum absolute atomic E-state index is 13.2. The van der Waals surface area contributed by atoms with Crippen LogP contribution in [0.4, 0.5) is 0 Å². The van der Waals surface area contributed by atoms with Gasteiger partial charge in [0.1, 0.15) is 6.04 Å². The molecular weight excluding hydrogens is 526 g/mol. The normalized spacial score (nSPS) is 23.6. The summed E-state index contributed by atoms with van der Waals surface area (Å²) in [6.07, 6.45) is 9.33. The fourth-order valence-electron chi connectivity index (χ4n) is 6.89. The number of piperidine rings is 1. The quantitative estimate of drug-likeness (QED) is 0.190. The molecule has 1 aromatic carbocycles. The Morgan fingerprint density at radius 1 is 1.12 bits per heavy atom. The topological polar surface area (TPSA) is 124 Å². The monoisotopic (exact) mass is 569 g/mol. The summed E-state index contributed by atoms with van der Waals surface area (Å²) in [5.41, 5.74) is 2.24. The van der Waals surface area contributed by atoms with Crippen molar-refractivity contribution in [3.05, 3.63) is 34.2 Å². The van der Waals surface area contributed by atoms with Crippen LogP contribution in [0.15, 0.2) is 23.0 Å². The molecule has 3 saturated heterocycles. The largest absolute Gasteiger partial charge is 0.380 e. The van der Waals surface area contributed by atoms with E-state index < -0.39 is 11.9 Å². The lowest BCUT2D eigenvalue weighted by Crippen LogP contribution is -2.44. The lowest BCUT2D eigenvalue weighted by Gasteiger charge is -2.24. The predicted octanol–water partition coefficient (Wildman–Crippen LogP) is 1.81. The van der Waals surface area contributed by atoms with Gasteiger partial charge in [-0.05, 0) is 76.0 Å². The van der Waals surface area contributed by atoms with Crippen LogP contribution in [-0.4, -0.2) is 83.4 Å². The van der Waals surface area contributed by atoms with Crippen LogP contribution in [-0.2, 0) is 37.3 Å². The van der Waals surface area contributed by atoms with Gasteiger partial charge in [0.15, 0.2) is 0 Å². The number of imide groups is 1. The molecule has 224 valence electrons. The smallest absolute Gasteiger partial charge is 0.329 e. The second kappa shape index (κ2) is 13.8. The Bertz CT molecular complexity index is 1290. The lowest BCUT2D eigenvalue weighted by atomic mass is 10.0. The number of imidazole rings is 1. The maximum atomic E-state index is 13.2. The number of nitrogens with one attached hydrogen (secondary N) is 2. The van der Waals surface area contributed by atoms with Gasteiger partial charge in [-0.3, -0.25) is 33.7 Å². The third-order valence-electron chi connectivity index (χ3n) is 8.97. The van der Waals surface area contributed by atoms with E-state index in [1.165, 1.54) is 36.8 Å². The Balaban J connectivity index is 1.14. The fraction of sp³-hybridized carbons (Fsp3) is 0.667. The standard InChI is InChI=1S/C30H43N5O6/c1-33-28-21(5-2-8-25(28)35(30(33)39)26-11-12-27(37)32-29(26)38)6-4-17-41-24(13-15-31-20-36)14-18-40-19-23-10-9-22-7-3-16-34(22)23/h2,5,8,20,22-24,26H,3-4,6-7,9-19H2,1H3,(H,31,36)(H,32,37,38). The minimum absolute atomic E-state index is 0.0145. The van der Waals surface area contributed by atoms with Gasteiger partial charge in [-0.25, -0.2) is 4.79 Å². The van der Waals surface area contributed by atoms with Crippen LogP contribution in [0, 0.1) is 0 Å². The van der Waals surface area contributed by atoms with Crippen LogP contribution in [0.25, 0.3) is 11.0 Å². The van der Waals surface area contributed by atoms with Gasteiger partial charge in [-0.1, -0.05) is 12.1 Å². The van der Waals surface area contributed by atoms with Gasteiger partial charge in [0, 0.05) is 45.3 Å². The number of carbonyl (C=O) groups excluding carboxylic acids is 3. The van der Waals surface area contributed by atoms with Crippen molar-refractivity contribution in [1.82, 2.24) is 24.7 Å². The molecule has 3 aliphatic heterocycles. The number of aryl methyl sites for hydroxylation is 2. The summed E-state index contributed by atoms with van der Waals surface area (Å²) in [5.74, 6) is -0.738. The van der Waals surface area contributed by atoms with Crippen molar-refractivity contribution in [2.24, 2.45) is 7.05 Å². The number of hydrogen-bond donors (Lipinski definition) is 2. The van der Waals surface area contributed by atoms with E-state index in [4.69, 9.17) is 9.47 Å². The summed E-state index contributed by atoms with van der Waals surface area (Å²) in [4.78, 5) is 50.7. The first-order chi connectivity index (χ1) is 20.0. The van der Waals surface area contributed by atoms with Crippen molar-refractivity contribution >= 4 is 29.3 Å². The molecule has 0 saturated carbocycles. The van der Waals surface area contributed by atoms with E-state index in [0.29, 0.717) is 50.6 Å². The lowest BCUT2D eigenvalue weighted by molar-refractivity contribution is -0.135. The first kappa shape index (κ1) is 29.5. The highest BCUT2D eigenvalue weighted by Crippen LogP contribution is 2.32. The molecule has 2 aromatic rings. The molecule has 4 atom stereocenters. The van der Waals surface area contributed by atoms with Gasteiger partial charge in [0.25, 0.3) is 0 Å². The van der Waals surface area contributed by atoms with E-state index in [1.54, 1.807) is 11.6 Å². The molecule has 3 amide bonds. The van der Waals surface area contributed by atoms with E-state index in [2.05, 4.69) is 15.5 Å². The second-order valence-corrected chi connectivity index (χ2v) is 11.5. The number of benzene rings is 1. The zero-order valence-corrected chi connectivity index (χ0v) is 24.0. The summed E-state index contributed by atoms with van der Waals surface area (Å²) in [5, 5.41) is 5.09. The molecule has 41 heavy (non-hydrogen) atoms. The maximum Gasteiger partial charge on any atom is 0.329 e. The average Bonchev–Trinajstić information content (AvgIpc) is 3.64. The highest BCUT2D eigenvalue weighted by molar-refractivity contribution is 6.00. The highest BCUT2D eigenvalue weighted by atomic mass is 16.5. The van der Waals surface area contributed by atoms with E-state index in [9.17, 15) is 19.2 Å². The zero-order chi connectivity index (χ0) is 28.8. The Kier molecular flexibility index (Phi) is 9.89. The molecule has 0 spiro atoms. The summed E-state index contributed by atoms with van der Waals surface area (Å²) >= 11 is 0. The van der Waals surface area contributed by atoms with E-state index in [0.717, 1.165) is 43.0 Å². The number of aromatic nitrogens is 2. The average molecular weight is 570 g/mol. The first-order valence-electron chi connectivity index (χ1n) is 15.1. The number of nitrogens with zero attached hydrogens (tertiary/aromatic N) is 3. The van der Waals surface area contributed by atoms with Gasteiger partial charge in [0.2, 0.25) is 18.2 Å². The molecule has 11 heteroatoms. The highest BCUT2D eigenvalue weighted by Gasteiger charge is 2.36. The molecule has 1 aromatic heterocycles. The number of rotatable bonds is 15. The van der Waals surface area contributed by atoms with E-state index in [1.807, 2.05) is 18.2 Å². The van der Waals surface area contributed by atoms with Crippen molar-refractivity contribution in [3.63, 3.8) is 0 Å². The van der Waals surface area contributed by atoms with Crippen LogP contribution in [0.2, 0.25) is 0 Å². The Labute approximate surface area is 240 Å². The zero-order valence-electron chi connectivity index (χ0n) is 24.0.